The monoisotopic (exact) mass is 216 g/mol. The summed E-state index contributed by atoms with van der Waals surface area (Å²) in [5, 5.41) is 27.7. The fraction of sp³-hybridized carbons (Fsp3) is 0.0769. The Morgan fingerprint density at radius 3 is 1.88 bits per heavy atom. The van der Waals surface area contributed by atoms with Gasteiger partial charge >= 0.3 is 5.97 Å². The van der Waals surface area contributed by atoms with Crippen LogP contribution in [0.4, 0.5) is 0 Å². The lowest BCUT2D eigenvalue weighted by Gasteiger charge is -2.18. The third-order valence-electron chi connectivity index (χ3n) is 2.37. The molecule has 3 N–H and O–H groups in total. The Morgan fingerprint density at radius 2 is 1.25 bits per heavy atom. The molecule has 3 heteroatoms. The van der Waals surface area contributed by atoms with Crippen molar-refractivity contribution in [2.24, 2.45) is 0 Å². The van der Waals surface area contributed by atoms with Crippen LogP contribution in [0.5, 0.6) is 0 Å². The Balaban J connectivity index is 2.58. The summed E-state index contributed by atoms with van der Waals surface area (Å²) in [5.41, 5.74) is 1.48. The molecule has 0 unspecified atom stereocenters. The molecule has 2 aromatic rings. The van der Waals surface area contributed by atoms with Gasteiger partial charge in [0.15, 0.2) is 0 Å². The molecule has 16 heavy (non-hydrogen) atoms. The van der Waals surface area contributed by atoms with Gasteiger partial charge in [0, 0.05) is 5.56 Å². The minimum atomic E-state index is -2.81. The maximum atomic E-state index is 9.24. The SMILES string of the molecule is OC(O)(O)c1ccccc1-c1ccccc1. The van der Waals surface area contributed by atoms with Crippen molar-refractivity contribution in [1.82, 2.24) is 0 Å². The number of aliphatic hydroxyl groups is 3. The van der Waals surface area contributed by atoms with Gasteiger partial charge in [-0.3, -0.25) is 0 Å². The zero-order chi connectivity index (χ0) is 11.6. The van der Waals surface area contributed by atoms with E-state index in [1.165, 1.54) is 6.07 Å². The number of benzene rings is 2. The lowest BCUT2D eigenvalue weighted by atomic mass is 9.98. The van der Waals surface area contributed by atoms with Crippen LogP contribution in [0.25, 0.3) is 11.1 Å². The average Bonchev–Trinajstić information content (AvgIpc) is 2.29. The fourth-order valence-corrected chi connectivity index (χ4v) is 1.65. The normalized spacial score (nSPS) is 11.4. The lowest BCUT2D eigenvalue weighted by molar-refractivity contribution is -0.323. The fourth-order valence-electron chi connectivity index (χ4n) is 1.65. The molecule has 0 fully saturated rings. The maximum absolute atomic E-state index is 9.24. The Kier molecular flexibility index (Phi) is 2.75. The van der Waals surface area contributed by atoms with E-state index in [2.05, 4.69) is 0 Å². The number of hydrogen-bond donors (Lipinski definition) is 3. The molecule has 0 heterocycles. The van der Waals surface area contributed by atoms with Crippen molar-refractivity contribution >= 4 is 0 Å². The highest BCUT2D eigenvalue weighted by Crippen LogP contribution is 2.28. The molecule has 0 saturated heterocycles. The second kappa shape index (κ2) is 4.06. The van der Waals surface area contributed by atoms with Gasteiger partial charge < -0.3 is 15.3 Å². The summed E-state index contributed by atoms with van der Waals surface area (Å²) >= 11 is 0. The van der Waals surface area contributed by atoms with Crippen molar-refractivity contribution in [3.05, 3.63) is 60.2 Å². The highest BCUT2D eigenvalue weighted by atomic mass is 16.7. The molecular formula is C13H12O3. The molecule has 0 aliphatic heterocycles. The van der Waals surface area contributed by atoms with Crippen molar-refractivity contribution in [1.29, 1.82) is 0 Å². The van der Waals surface area contributed by atoms with Crippen molar-refractivity contribution in [3.63, 3.8) is 0 Å². The van der Waals surface area contributed by atoms with Crippen molar-refractivity contribution in [2.75, 3.05) is 0 Å². The van der Waals surface area contributed by atoms with Crippen LogP contribution in [0.2, 0.25) is 0 Å². The molecular weight excluding hydrogens is 204 g/mol. The van der Waals surface area contributed by atoms with Crippen LogP contribution < -0.4 is 0 Å². The molecule has 82 valence electrons. The van der Waals surface area contributed by atoms with E-state index in [-0.39, 0.29) is 5.56 Å². The van der Waals surface area contributed by atoms with Gasteiger partial charge in [-0.1, -0.05) is 54.6 Å². The van der Waals surface area contributed by atoms with Crippen LogP contribution in [0, 0.1) is 0 Å². The Hall–Kier alpha value is -1.68. The van der Waals surface area contributed by atoms with Crippen LogP contribution in [0.1, 0.15) is 5.56 Å². The Labute approximate surface area is 93.2 Å². The zero-order valence-corrected chi connectivity index (χ0v) is 8.54. The first-order valence-corrected chi connectivity index (χ1v) is 4.91. The quantitative estimate of drug-likeness (QED) is 0.666. The summed E-state index contributed by atoms with van der Waals surface area (Å²) in [7, 11) is 0. The summed E-state index contributed by atoms with van der Waals surface area (Å²) < 4.78 is 0. The molecule has 0 spiro atoms. The highest BCUT2D eigenvalue weighted by molar-refractivity contribution is 5.67. The van der Waals surface area contributed by atoms with E-state index in [0.717, 1.165) is 5.56 Å². The van der Waals surface area contributed by atoms with Crippen molar-refractivity contribution in [3.8, 4) is 11.1 Å². The molecule has 2 rings (SSSR count). The smallest absolute Gasteiger partial charge is 0.305 e. The summed E-state index contributed by atoms with van der Waals surface area (Å²) in [6.45, 7) is 0. The molecule has 0 aliphatic rings. The van der Waals surface area contributed by atoms with E-state index < -0.39 is 5.97 Å². The second-order valence-corrected chi connectivity index (χ2v) is 3.55. The third-order valence-corrected chi connectivity index (χ3v) is 2.37. The van der Waals surface area contributed by atoms with Gasteiger partial charge in [-0.25, -0.2) is 0 Å². The third kappa shape index (κ3) is 2.12. The van der Waals surface area contributed by atoms with Gasteiger partial charge in [0.05, 0.1) is 0 Å². The average molecular weight is 216 g/mol. The van der Waals surface area contributed by atoms with E-state index in [1.807, 2.05) is 30.3 Å². The predicted octanol–water partition coefficient (Wildman–Crippen LogP) is 1.44. The van der Waals surface area contributed by atoms with Crippen LogP contribution in [-0.4, -0.2) is 15.3 Å². The predicted molar refractivity (Wildman–Crippen MR) is 60.2 cm³/mol. The van der Waals surface area contributed by atoms with E-state index in [0.29, 0.717) is 5.56 Å². The molecule has 0 atom stereocenters. The van der Waals surface area contributed by atoms with Gasteiger partial charge in [0.25, 0.3) is 0 Å². The van der Waals surface area contributed by atoms with E-state index in [1.54, 1.807) is 18.2 Å². The molecule has 0 aromatic heterocycles. The van der Waals surface area contributed by atoms with Gasteiger partial charge in [-0.15, -0.1) is 0 Å². The first kappa shape index (κ1) is 10.8. The van der Waals surface area contributed by atoms with Gasteiger partial charge in [-0.05, 0) is 11.1 Å². The topological polar surface area (TPSA) is 60.7 Å². The molecule has 2 aromatic carbocycles. The molecule has 0 aliphatic carbocycles. The van der Waals surface area contributed by atoms with Crippen LogP contribution in [0.15, 0.2) is 54.6 Å². The Bertz CT molecular complexity index is 472. The maximum Gasteiger partial charge on any atom is 0.305 e. The van der Waals surface area contributed by atoms with Crippen LogP contribution in [0.3, 0.4) is 0 Å². The largest absolute Gasteiger partial charge is 0.340 e. The van der Waals surface area contributed by atoms with Crippen LogP contribution >= 0.6 is 0 Å². The standard InChI is InChI=1S/C13H12O3/c14-13(15,16)12-9-5-4-8-11(12)10-6-2-1-3-7-10/h1-9,14-16H. The van der Waals surface area contributed by atoms with E-state index in [9.17, 15) is 15.3 Å². The molecule has 0 saturated carbocycles. The number of hydrogen-bond acceptors (Lipinski definition) is 3. The molecule has 0 radical (unpaired) electrons. The number of rotatable bonds is 2. The highest BCUT2D eigenvalue weighted by Gasteiger charge is 2.25. The van der Waals surface area contributed by atoms with Crippen molar-refractivity contribution in [2.45, 2.75) is 5.97 Å². The summed E-state index contributed by atoms with van der Waals surface area (Å²) in [6, 6.07) is 15.9. The molecule has 3 nitrogen and oxygen atoms in total. The summed E-state index contributed by atoms with van der Waals surface area (Å²) in [5.74, 6) is -2.81. The van der Waals surface area contributed by atoms with Gasteiger partial charge in [0.1, 0.15) is 0 Å². The van der Waals surface area contributed by atoms with E-state index in [4.69, 9.17) is 0 Å². The Morgan fingerprint density at radius 1 is 0.688 bits per heavy atom. The van der Waals surface area contributed by atoms with Crippen LogP contribution in [-0.2, 0) is 5.97 Å². The molecule has 0 bridgehead atoms. The minimum Gasteiger partial charge on any atom is -0.340 e. The summed E-state index contributed by atoms with van der Waals surface area (Å²) in [4.78, 5) is 0. The van der Waals surface area contributed by atoms with Gasteiger partial charge in [0.2, 0.25) is 0 Å². The van der Waals surface area contributed by atoms with E-state index >= 15 is 0 Å². The second-order valence-electron chi connectivity index (χ2n) is 3.55. The van der Waals surface area contributed by atoms with Gasteiger partial charge in [-0.2, -0.15) is 0 Å². The summed E-state index contributed by atoms with van der Waals surface area (Å²) in [6.07, 6.45) is 0. The molecule has 0 amide bonds. The lowest BCUT2D eigenvalue weighted by Crippen LogP contribution is -2.24. The first-order chi connectivity index (χ1) is 7.59. The zero-order valence-electron chi connectivity index (χ0n) is 8.54. The minimum absolute atomic E-state index is 0.0706. The first-order valence-electron chi connectivity index (χ1n) is 4.91. The van der Waals surface area contributed by atoms with Crippen molar-refractivity contribution < 1.29 is 15.3 Å².